The molecule has 0 aliphatic carbocycles. The molecule has 0 unspecified atom stereocenters. The Morgan fingerprint density at radius 2 is 2.07 bits per heavy atom. The summed E-state index contributed by atoms with van der Waals surface area (Å²) in [6.45, 7) is 8.76. The zero-order chi connectivity index (χ0) is 11.0. The molecule has 0 atom stereocenters. The molecule has 0 aliphatic heterocycles. The first kappa shape index (κ1) is 12.1. The van der Waals surface area contributed by atoms with Gasteiger partial charge in [0.1, 0.15) is 5.84 Å². The van der Waals surface area contributed by atoms with Crippen LogP contribution in [0.15, 0.2) is 54.1 Å². The normalized spacial score (nSPS) is 12.9. The van der Waals surface area contributed by atoms with Gasteiger partial charge in [-0.2, -0.15) is 4.99 Å². The van der Waals surface area contributed by atoms with Gasteiger partial charge in [-0.1, -0.05) is 31.4 Å². The first-order chi connectivity index (χ1) is 6.65. The molecule has 0 aromatic heterocycles. The average Bonchev–Trinajstić information content (AvgIpc) is 2.14. The number of aliphatic imine (C=N–C) groups is 1. The maximum atomic E-state index is 11.4. The molecule has 0 heterocycles. The Labute approximate surface area is 84.0 Å². The van der Waals surface area contributed by atoms with Crippen molar-refractivity contribution in [2.24, 2.45) is 10.7 Å². The van der Waals surface area contributed by atoms with Crippen molar-refractivity contribution in [2.75, 3.05) is 0 Å². The summed E-state index contributed by atoms with van der Waals surface area (Å²) < 4.78 is 0. The molecule has 0 spiro atoms. The highest BCUT2D eigenvalue weighted by atomic mass is 16.1. The SMILES string of the molecule is C=C/C=C(\C=C)C(=O)N=C(N)/C=C\C. The smallest absolute Gasteiger partial charge is 0.278 e. The molecule has 0 bridgehead atoms. The number of rotatable bonds is 4. The van der Waals surface area contributed by atoms with Crippen LogP contribution in [0.3, 0.4) is 0 Å². The van der Waals surface area contributed by atoms with E-state index in [0.717, 1.165) is 0 Å². The van der Waals surface area contributed by atoms with Crippen LogP contribution in [0.2, 0.25) is 0 Å². The predicted molar refractivity (Wildman–Crippen MR) is 59.9 cm³/mol. The van der Waals surface area contributed by atoms with Crippen molar-refractivity contribution in [2.45, 2.75) is 6.92 Å². The van der Waals surface area contributed by atoms with Crippen LogP contribution in [0, 0.1) is 0 Å². The van der Waals surface area contributed by atoms with Crippen LogP contribution in [0.4, 0.5) is 0 Å². The van der Waals surface area contributed by atoms with E-state index >= 15 is 0 Å². The lowest BCUT2D eigenvalue weighted by atomic mass is 10.2. The summed E-state index contributed by atoms with van der Waals surface area (Å²) >= 11 is 0. The topological polar surface area (TPSA) is 55.5 Å². The van der Waals surface area contributed by atoms with Crippen molar-refractivity contribution in [3.8, 4) is 0 Å². The largest absolute Gasteiger partial charge is 0.384 e. The van der Waals surface area contributed by atoms with Gasteiger partial charge in [0.2, 0.25) is 0 Å². The Balaban J connectivity index is 4.78. The molecule has 14 heavy (non-hydrogen) atoms. The minimum Gasteiger partial charge on any atom is -0.384 e. The number of allylic oxidation sites excluding steroid dienone is 3. The maximum absolute atomic E-state index is 11.4. The maximum Gasteiger partial charge on any atom is 0.278 e. The van der Waals surface area contributed by atoms with Gasteiger partial charge in [0.15, 0.2) is 0 Å². The third-order valence-electron chi connectivity index (χ3n) is 1.33. The Kier molecular flexibility index (Phi) is 5.70. The molecule has 2 N–H and O–H groups in total. The number of nitrogens with two attached hydrogens (primary N) is 1. The molecule has 74 valence electrons. The summed E-state index contributed by atoms with van der Waals surface area (Å²) in [4.78, 5) is 15.0. The quantitative estimate of drug-likeness (QED) is 0.318. The lowest BCUT2D eigenvalue weighted by Gasteiger charge is -1.94. The number of hydrogen-bond acceptors (Lipinski definition) is 1. The van der Waals surface area contributed by atoms with Crippen LogP contribution < -0.4 is 5.73 Å². The fraction of sp³-hybridized carbons (Fsp3) is 0.0909. The van der Waals surface area contributed by atoms with Gasteiger partial charge < -0.3 is 5.73 Å². The van der Waals surface area contributed by atoms with E-state index in [9.17, 15) is 4.79 Å². The zero-order valence-electron chi connectivity index (χ0n) is 8.23. The highest BCUT2D eigenvalue weighted by Gasteiger charge is 2.02. The third-order valence-corrected chi connectivity index (χ3v) is 1.33. The Morgan fingerprint density at radius 1 is 1.43 bits per heavy atom. The summed E-state index contributed by atoms with van der Waals surface area (Å²) in [6, 6.07) is 0. The summed E-state index contributed by atoms with van der Waals surface area (Å²) in [5.41, 5.74) is 5.80. The van der Waals surface area contributed by atoms with Crippen LogP contribution in [-0.2, 0) is 4.79 Å². The van der Waals surface area contributed by atoms with Crippen molar-refractivity contribution < 1.29 is 4.79 Å². The average molecular weight is 190 g/mol. The molecular formula is C11H14N2O. The molecular weight excluding hydrogens is 176 g/mol. The van der Waals surface area contributed by atoms with Gasteiger partial charge in [-0.25, -0.2) is 0 Å². The second-order valence-electron chi connectivity index (χ2n) is 2.40. The van der Waals surface area contributed by atoms with Crippen molar-refractivity contribution in [1.29, 1.82) is 0 Å². The Hall–Kier alpha value is -1.90. The van der Waals surface area contributed by atoms with Crippen LogP contribution in [0.5, 0.6) is 0 Å². The second kappa shape index (κ2) is 6.60. The molecule has 0 aliphatic rings. The molecule has 3 nitrogen and oxygen atoms in total. The number of carbonyl (C=O) groups excluding carboxylic acids is 1. The minimum absolute atomic E-state index is 0.175. The van der Waals surface area contributed by atoms with E-state index in [0.29, 0.717) is 5.57 Å². The molecule has 0 rings (SSSR count). The van der Waals surface area contributed by atoms with Crippen LogP contribution in [0.1, 0.15) is 6.92 Å². The molecule has 0 saturated carbocycles. The molecule has 1 amide bonds. The molecule has 3 heteroatoms. The van der Waals surface area contributed by atoms with E-state index in [1.807, 2.05) is 0 Å². The van der Waals surface area contributed by atoms with Crippen molar-refractivity contribution >= 4 is 11.7 Å². The molecule has 0 aromatic rings. The van der Waals surface area contributed by atoms with Gasteiger partial charge in [-0.15, -0.1) is 0 Å². The fourth-order valence-corrected chi connectivity index (χ4v) is 0.743. The summed E-state index contributed by atoms with van der Waals surface area (Å²) in [6.07, 6.45) is 7.69. The number of nitrogens with zero attached hydrogens (tertiary/aromatic N) is 1. The fourth-order valence-electron chi connectivity index (χ4n) is 0.743. The van der Waals surface area contributed by atoms with Gasteiger partial charge in [-0.3, -0.25) is 4.79 Å². The molecule has 0 aromatic carbocycles. The standard InChI is InChI=1S/C11H14N2O/c1-4-7-9(6-3)11(14)13-10(12)8-5-2/h4-8H,1,3H2,2H3,(H2,12,13,14)/b8-5-,9-7+. The van der Waals surface area contributed by atoms with Crippen molar-refractivity contribution in [1.82, 2.24) is 0 Å². The highest BCUT2D eigenvalue weighted by Crippen LogP contribution is 1.99. The number of amides is 1. The summed E-state index contributed by atoms with van der Waals surface area (Å²) in [5.74, 6) is -0.246. The highest BCUT2D eigenvalue weighted by molar-refractivity contribution is 6.07. The molecule has 0 radical (unpaired) electrons. The summed E-state index contributed by atoms with van der Waals surface area (Å²) in [5, 5.41) is 0. The van der Waals surface area contributed by atoms with E-state index in [1.165, 1.54) is 18.2 Å². The van der Waals surface area contributed by atoms with Gasteiger partial charge in [0.05, 0.1) is 0 Å². The van der Waals surface area contributed by atoms with E-state index in [4.69, 9.17) is 5.73 Å². The monoisotopic (exact) mass is 190 g/mol. The van der Waals surface area contributed by atoms with Crippen LogP contribution >= 0.6 is 0 Å². The van der Waals surface area contributed by atoms with Gasteiger partial charge in [0.25, 0.3) is 5.91 Å². The van der Waals surface area contributed by atoms with E-state index in [2.05, 4.69) is 18.2 Å². The number of carbonyl (C=O) groups is 1. The lowest BCUT2D eigenvalue weighted by Crippen LogP contribution is -2.11. The van der Waals surface area contributed by atoms with E-state index in [1.54, 1.807) is 19.1 Å². The Bertz CT molecular complexity index is 322. The van der Waals surface area contributed by atoms with Gasteiger partial charge in [-0.05, 0) is 19.1 Å². The summed E-state index contributed by atoms with van der Waals surface area (Å²) in [7, 11) is 0. The molecule has 0 fully saturated rings. The van der Waals surface area contributed by atoms with E-state index < -0.39 is 5.91 Å². The van der Waals surface area contributed by atoms with Gasteiger partial charge >= 0.3 is 0 Å². The lowest BCUT2D eigenvalue weighted by molar-refractivity contribution is -0.114. The number of hydrogen-bond donors (Lipinski definition) is 1. The van der Waals surface area contributed by atoms with Crippen molar-refractivity contribution in [3.05, 3.63) is 49.1 Å². The van der Waals surface area contributed by atoms with Crippen LogP contribution in [-0.4, -0.2) is 11.7 Å². The van der Waals surface area contributed by atoms with Gasteiger partial charge in [0, 0.05) is 5.57 Å². The minimum atomic E-state index is -0.421. The predicted octanol–water partition coefficient (Wildman–Crippen LogP) is 1.74. The number of amidine groups is 1. The van der Waals surface area contributed by atoms with E-state index in [-0.39, 0.29) is 5.84 Å². The van der Waals surface area contributed by atoms with Crippen LogP contribution in [0.25, 0.3) is 0 Å². The third kappa shape index (κ3) is 4.21. The second-order valence-corrected chi connectivity index (χ2v) is 2.40. The first-order valence-corrected chi connectivity index (χ1v) is 4.12. The molecule has 0 saturated heterocycles. The zero-order valence-corrected chi connectivity index (χ0v) is 8.23. The van der Waals surface area contributed by atoms with Crippen molar-refractivity contribution in [3.63, 3.8) is 0 Å². The first-order valence-electron chi connectivity index (χ1n) is 4.12. The Morgan fingerprint density at radius 3 is 2.50 bits per heavy atom.